The van der Waals surface area contributed by atoms with Crippen molar-refractivity contribution in [1.82, 2.24) is 10.2 Å². The first-order chi connectivity index (χ1) is 11.5. The molecule has 3 rings (SSSR count). The highest BCUT2D eigenvalue weighted by atomic mass is 16.5. The van der Waals surface area contributed by atoms with E-state index in [0.717, 1.165) is 24.7 Å². The van der Waals surface area contributed by atoms with E-state index in [2.05, 4.69) is 12.2 Å². The van der Waals surface area contributed by atoms with Gasteiger partial charge in [0.15, 0.2) is 0 Å². The molecule has 3 fully saturated rings. The monoisotopic (exact) mass is 338 g/mol. The summed E-state index contributed by atoms with van der Waals surface area (Å²) in [6, 6.07) is 0.185. The van der Waals surface area contributed by atoms with Crippen LogP contribution in [-0.4, -0.2) is 60.3 Å². The number of hydrogen-bond donors (Lipinski definition) is 2. The Labute approximate surface area is 143 Å². The number of nitrogens with one attached hydrogen (secondary N) is 1. The van der Waals surface area contributed by atoms with Crippen LogP contribution in [0.1, 0.15) is 45.4 Å². The van der Waals surface area contributed by atoms with E-state index in [4.69, 9.17) is 4.74 Å². The number of amides is 2. The summed E-state index contributed by atoms with van der Waals surface area (Å²) in [6.07, 6.45) is 6.36. The van der Waals surface area contributed by atoms with Crippen LogP contribution in [0.5, 0.6) is 0 Å². The van der Waals surface area contributed by atoms with Crippen LogP contribution in [0.3, 0.4) is 0 Å². The summed E-state index contributed by atoms with van der Waals surface area (Å²) in [7, 11) is 0. The molecule has 1 heterocycles. The van der Waals surface area contributed by atoms with Crippen molar-refractivity contribution in [3.8, 4) is 0 Å². The average Bonchev–Trinajstić information content (AvgIpc) is 3.17. The van der Waals surface area contributed by atoms with Gasteiger partial charge in [-0.3, -0.25) is 9.59 Å². The van der Waals surface area contributed by atoms with Gasteiger partial charge in [-0.1, -0.05) is 6.42 Å². The van der Waals surface area contributed by atoms with Crippen LogP contribution in [0, 0.1) is 17.8 Å². The standard InChI is InChI=1S/C18H30N2O4/c1-12(16-8-13-4-5-14(16)7-13)19-17(22)10-24-11-18(23)20-6-2-3-15(21)9-20/h12-16,21H,2-11H2,1H3,(H,19,22). The van der Waals surface area contributed by atoms with Gasteiger partial charge in [0.25, 0.3) is 0 Å². The minimum atomic E-state index is -0.436. The van der Waals surface area contributed by atoms with Crippen molar-refractivity contribution in [2.24, 2.45) is 17.8 Å². The quantitative estimate of drug-likeness (QED) is 0.755. The second kappa shape index (κ2) is 7.83. The second-order valence-corrected chi connectivity index (χ2v) is 7.82. The Morgan fingerprint density at radius 3 is 2.75 bits per heavy atom. The third kappa shape index (κ3) is 4.28. The summed E-state index contributed by atoms with van der Waals surface area (Å²) >= 11 is 0. The first-order valence-electron chi connectivity index (χ1n) is 9.36. The van der Waals surface area contributed by atoms with Crippen LogP contribution in [0.2, 0.25) is 0 Å². The first-order valence-corrected chi connectivity index (χ1v) is 9.36. The largest absolute Gasteiger partial charge is 0.391 e. The molecule has 0 aromatic carbocycles. The molecule has 2 N–H and O–H groups in total. The van der Waals surface area contributed by atoms with Crippen LogP contribution >= 0.6 is 0 Å². The van der Waals surface area contributed by atoms with Crippen LogP contribution < -0.4 is 5.32 Å². The highest BCUT2D eigenvalue weighted by Crippen LogP contribution is 2.49. The van der Waals surface area contributed by atoms with Gasteiger partial charge in [0, 0.05) is 19.1 Å². The molecular formula is C18H30N2O4. The molecule has 6 nitrogen and oxygen atoms in total. The fraction of sp³-hybridized carbons (Fsp3) is 0.889. The number of carbonyl (C=O) groups is 2. The zero-order valence-electron chi connectivity index (χ0n) is 14.6. The summed E-state index contributed by atoms with van der Waals surface area (Å²) in [4.78, 5) is 25.6. The van der Waals surface area contributed by atoms with Gasteiger partial charge < -0.3 is 20.1 Å². The number of fused-ring (bicyclic) bond motifs is 2. The third-order valence-electron chi connectivity index (χ3n) is 6.03. The maximum atomic E-state index is 12.0. The first kappa shape index (κ1) is 17.7. The Morgan fingerprint density at radius 2 is 2.08 bits per heavy atom. The SMILES string of the molecule is CC(NC(=O)COCC(=O)N1CCCC(O)C1)C1CC2CCC1C2. The Morgan fingerprint density at radius 1 is 1.25 bits per heavy atom. The number of likely N-dealkylation sites (tertiary alicyclic amines) is 1. The zero-order chi connectivity index (χ0) is 17.1. The molecule has 6 heteroatoms. The van der Waals surface area contributed by atoms with Crippen molar-refractivity contribution in [2.45, 2.75) is 57.6 Å². The van der Waals surface area contributed by atoms with Gasteiger partial charge in [-0.2, -0.15) is 0 Å². The molecule has 2 aliphatic carbocycles. The van der Waals surface area contributed by atoms with E-state index in [1.54, 1.807) is 4.90 Å². The van der Waals surface area contributed by atoms with Gasteiger partial charge >= 0.3 is 0 Å². The molecule has 1 aliphatic heterocycles. The lowest BCUT2D eigenvalue weighted by Gasteiger charge is -2.30. The van der Waals surface area contributed by atoms with Crippen LogP contribution in [0.15, 0.2) is 0 Å². The normalized spacial score (nSPS) is 33.5. The van der Waals surface area contributed by atoms with Crippen molar-refractivity contribution in [3.63, 3.8) is 0 Å². The Balaban J connectivity index is 1.33. The average molecular weight is 338 g/mol. The lowest BCUT2D eigenvalue weighted by atomic mass is 9.84. The molecule has 0 spiro atoms. The molecule has 5 atom stereocenters. The van der Waals surface area contributed by atoms with E-state index in [9.17, 15) is 14.7 Å². The molecular weight excluding hydrogens is 308 g/mol. The predicted molar refractivity (Wildman–Crippen MR) is 89.2 cm³/mol. The zero-order valence-corrected chi connectivity index (χ0v) is 14.6. The molecule has 5 unspecified atom stereocenters. The molecule has 136 valence electrons. The van der Waals surface area contributed by atoms with Crippen LogP contribution in [-0.2, 0) is 14.3 Å². The van der Waals surface area contributed by atoms with Gasteiger partial charge in [-0.15, -0.1) is 0 Å². The maximum absolute atomic E-state index is 12.0. The number of ether oxygens (including phenoxy) is 1. The van der Waals surface area contributed by atoms with E-state index in [0.29, 0.717) is 19.0 Å². The smallest absolute Gasteiger partial charge is 0.248 e. The fourth-order valence-corrected chi connectivity index (χ4v) is 4.81. The summed E-state index contributed by atoms with van der Waals surface area (Å²) in [5, 5.41) is 12.6. The lowest BCUT2D eigenvalue weighted by Crippen LogP contribution is -2.45. The van der Waals surface area contributed by atoms with Gasteiger partial charge in [0.05, 0.1) is 6.10 Å². The number of β-amino-alcohol motifs (C(OH)–C–C–N with tert-alkyl or cyclic N) is 1. The molecule has 0 aromatic heterocycles. The van der Waals surface area contributed by atoms with Crippen molar-refractivity contribution in [3.05, 3.63) is 0 Å². The number of carbonyl (C=O) groups excluding carboxylic acids is 2. The van der Waals surface area contributed by atoms with E-state index in [-0.39, 0.29) is 31.1 Å². The van der Waals surface area contributed by atoms with Crippen molar-refractivity contribution >= 4 is 11.8 Å². The number of aliphatic hydroxyl groups is 1. The van der Waals surface area contributed by atoms with Crippen molar-refractivity contribution < 1.29 is 19.4 Å². The predicted octanol–water partition coefficient (Wildman–Crippen LogP) is 0.927. The Hall–Kier alpha value is -1.14. The third-order valence-corrected chi connectivity index (χ3v) is 6.03. The molecule has 1 saturated heterocycles. The summed E-state index contributed by atoms with van der Waals surface area (Å²) in [6.45, 7) is 2.95. The fourth-order valence-electron chi connectivity index (χ4n) is 4.81. The highest BCUT2D eigenvalue weighted by Gasteiger charge is 2.42. The molecule has 2 bridgehead atoms. The number of piperidine rings is 1. The van der Waals surface area contributed by atoms with E-state index in [1.807, 2.05) is 0 Å². The molecule has 0 radical (unpaired) electrons. The minimum Gasteiger partial charge on any atom is -0.391 e. The second-order valence-electron chi connectivity index (χ2n) is 7.82. The topological polar surface area (TPSA) is 78.9 Å². The maximum Gasteiger partial charge on any atom is 0.248 e. The van der Waals surface area contributed by atoms with Gasteiger partial charge in [-0.25, -0.2) is 0 Å². The highest BCUT2D eigenvalue weighted by molar-refractivity contribution is 5.79. The molecule has 2 amide bonds. The number of hydrogen-bond acceptors (Lipinski definition) is 4. The van der Waals surface area contributed by atoms with Gasteiger partial charge in [0.1, 0.15) is 13.2 Å². The van der Waals surface area contributed by atoms with Crippen molar-refractivity contribution in [1.29, 1.82) is 0 Å². The van der Waals surface area contributed by atoms with E-state index < -0.39 is 6.10 Å². The molecule has 24 heavy (non-hydrogen) atoms. The summed E-state index contributed by atoms with van der Waals surface area (Å²) < 4.78 is 5.29. The van der Waals surface area contributed by atoms with E-state index >= 15 is 0 Å². The minimum absolute atomic E-state index is 0.0761. The van der Waals surface area contributed by atoms with Crippen LogP contribution in [0.25, 0.3) is 0 Å². The Bertz CT molecular complexity index is 470. The number of rotatable bonds is 6. The number of aliphatic hydroxyl groups excluding tert-OH is 1. The molecule has 2 saturated carbocycles. The van der Waals surface area contributed by atoms with Crippen LogP contribution in [0.4, 0.5) is 0 Å². The lowest BCUT2D eigenvalue weighted by molar-refractivity contribution is -0.141. The Kier molecular flexibility index (Phi) is 5.76. The van der Waals surface area contributed by atoms with Crippen molar-refractivity contribution in [2.75, 3.05) is 26.3 Å². The van der Waals surface area contributed by atoms with Gasteiger partial charge in [-0.05, 0) is 56.8 Å². The molecule has 3 aliphatic rings. The summed E-state index contributed by atoms with van der Waals surface area (Å²) in [5.74, 6) is 1.95. The number of nitrogens with zero attached hydrogens (tertiary/aromatic N) is 1. The summed E-state index contributed by atoms with van der Waals surface area (Å²) in [5.41, 5.74) is 0. The van der Waals surface area contributed by atoms with E-state index in [1.165, 1.54) is 25.7 Å². The molecule has 0 aromatic rings. The van der Waals surface area contributed by atoms with Gasteiger partial charge in [0.2, 0.25) is 11.8 Å².